The molecule has 0 saturated carbocycles. The maximum Gasteiger partial charge on any atom is 0.136 e. The van der Waals surface area contributed by atoms with Gasteiger partial charge in [-0.2, -0.15) is 0 Å². The summed E-state index contributed by atoms with van der Waals surface area (Å²) in [5, 5.41) is 2.21. The monoisotopic (exact) mass is 263 g/mol. The third-order valence-electron chi connectivity index (χ3n) is 4.48. The molecule has 2 aliphatic rings. The molecule has 0 aromatic carbocycles. The summed E-state index contributed by atoms with van der Waals surface area (Å²) < 4.78 is 0. The van der Waals surface area contributed by atoms with E-state index in [4.69, 9.17) is 0 Å². The summed E-state index contributed by atoms with van der Waals surface area (Å²) in [6.45, 7) is 3.30. The van der Waals surface area contributed by atoms with E-state index in [0.29, 0.717) is 17.9 Å². The van der Waals surface area contributed by atoms with Crippen molar-refractivity contribution >= 4 is 17.1 Å². The number of nitrogens with zero attached hydrogens (tertiary/aromatic N) is 1. The van der Waals surface area contributed by atoms with Crippen molar-refractivity contribution < 1.29 is 4.79 Å². The number of aryl methyl sites for hydroxylation is 1. The molecule has 0 N–H and O–H groups in total. The van der Waals surface area contributed by atoms with Crippen molar-refractivity contribution in [3.8, 4) is 0 Å². The number of piperidine rings is 2. The Bertz CT molecular complexity index is 423. The maximum absolute atomic E-state index is 11.7. The van der Waals surface area contributed by atoms with E-state index in [-0.39, 0.29) is 0 Å². The fraction of sp³-hybridized carbons (Fsp3) is 0.667. The number of hydrogen-bond donors (Lipinski definition) is 0. The van der Waals surface area contributed by atoms with Crippen molar-refractivity contribution in [2.45, 2.75) is 64.1 Å². The van der Waals surface area contributed by atoms with E-state index in [2.05, 4.69) is 23.3 Å². The largest absolute Gasteiger partial charge is 0.300 e. The molecule has 0 spiro atoms. The minimum Gasteiger partial charge on any atom is -0.300 e. The molecule has 2 aliphatic heterocycles. The normalized spacial score (nSPS) is 28.6. The molecule has 2 saturated heterocycles. The molecule has 98 valence electrons. The number of carbonyl (C=O) groups is 1. The van der Waals surface area contributed by atoms with E-state index in [1.807, 2.05) is 11.3 Å². The number of fused-ring (bicyclic) bond motifs is 2. The van der Waals surface area contributed by atoms with Gasteiger partial charge < -0.3 is 0 Å². The molecule has 0 radical (unpaired) electrons. The lowest BCUT2D eigenvalue weighted by atomic mass is 9.83. The molecule has 3 heterocycles. The van der Waals surface area contributed by atoms with Crippen LogP contribution in [0.5, 0.6) is 0 Å². The molecule has 18 heavy (non-hydrogen) atoms. The van der Waals surface area contributed by atoms with Gasteiger partial charge in [0, 0.05) is 36.3 Å². The van der Waals surface area contributed by atoms with E-state index in [1.165, 1.54) is 29.7 Å². The number of rotatable bonds is 3. The van der Waals surface area contributed by atoms with Crippen LogP contribution in [0.2, 0.25) is 0 Å². The SMILES string of the molecule is CCc1ccsc1CN1C2CCCC1CC(=O)C2. The van der Waals surface area contributed by atoms with Crippen molar-refractivity contribution in [2.75, 3.05) is 0 Å². The van der Waals surface area contributed by atoms with Crippen LogP contribution in [-0.2, 0) is 17.8 Å². The Kier molecular flexibility index (Phi) is 3.53. The molecule has 0 aliphatic carbocycles. The van der Waals surface area contributed by atoms with Gasteiger partial charge in [-0.25, -0.2) is 0 Å². The molecule has 2 fully saturated rings. The highest BCUT2D eigenvalue weighted by molar-refractivity contribution is 7.10. The molecule has 3 heteroatoms. The molecule has 2 unspecified atom stereocenters. The zero-order valence-electron chi connectivity index (χ0n) is 11.0. The highest BCUT2D eigenvalue weighted by Crippen LogP contribution is 2.34. The molecular formula is C15H21NOS. The maximum atomic E-state index is 11.7. The summed E-state index contributed by atoms with van der Waals surface area (Å²) in [6, 6.07) is 3.30. The number of thiophene rings is 1. The fourth-order valence-corrected chi connectivity index (χ4v) is 4.50. The fourth-order valence-electron chi connectivity index (χ4n) is 3.51. The summed E-state index contributed by atoms with van der Waals surface area (Å²) in [5.41, 5.74) is 1.50. The van der Waals surface area contributed by atoms with Gasteiger partial charge in [-0.1, -0.05) is 13.3 Å². The Hall–Kier alpha value is -0.670. The van der Waals surface area contributed by atoms with Gasteiger partial charge in [0.2, 0.25) is 0 Å². The van der Waals surface area contributed by atoms with Gasteiger partial charge >= 0.3 is 0 Å². The van der Waals surface area contributed by atoms with E-state index >= 15 is 0 Å². The van der Waals surface area contributed by atoms with E-state index in [0.717, 1.165) is 25.8 Å². The highest BCUT2D eigenvalue weighted by Gasteiger charge is 2.37. The molecule has 1 aromatic rings. The number of hydrogen-bond acceptors (Lipinski definition) is 3. The van der Waals surface area contributed by atoms with Crippen molar-refractivity contribution in [3.05, 3.63) is 21.9 Å². The van der Waals surface area contributed by atoms with Crippen molar-refractivity contribution in [1.29, 1.82) is 0 Å². The van der Waals surface area contributed by atoms with Crippen LogP contribution in [0.3, 0.4) is 0 Å². The molecule has 2 atom stereocenters. The van der Waals surface area contributed by atoms with Crippen LogP contribution in [0.15, 0.2) is 11.4 Å². The second kappa shape index (κ2) is 5.14. The van der Waals surface area contributed by atoms with Crippen molar-refractivity contribution in [1.82, 2.24) is 4.90 Å². The summed E-state index contributed by atoms with van der Waals surface area (Å²) in [4.78, 5) is 15.9. The standard InChI is InChI=1S/C15H21NOS/c1-2-11-6-7-18-15(11)10-16-12-4-3-5-13(16)9-14(17)8-12/h6-7,12-13H,2-5,8-10H2,1H3. The van der Waals surface area contributed by atoms with E-state index < -0.39 is 0 Å². The summed E-state index contributed by atoms with van der Waals surface area (Å²) in [7, 11) is 0. The summed E-state index contributed by atoms with van der Waals surface area (Å²) in [6.07, 6.45) is 6.46. The van der Waals surface area contributed by atoms with Gasteiger partial charge in [-0.15, -0.1) is 11.3 Å². The smallest absolute Gasteiger partial charge is 0.136 e. The number of Topliss-reactive ketones (excluding diaryl/α,β-unsaturated/α-hetero) is 1. The molecule has 1 aromatic heterocycles. The van der Waals surface area contributed by atoms with Crippen molar-refractivity contribution in [2.24, 2.45) is 0 Å². The first-order chi connectivity index (χ1) is 8.78. The van der Waals surface area contributed by atoms with Crippen LogP contribution in [0.25, 0.3) is 0 Å². The van der Waals surface area contributed by atoms with Crippen LogP contribution >= 0.6 is 11.3 Å². The average molecular weight is 263 g/mol. The predicted molar refractivity (Wildman–Crippen MR) is 74.9 cm³/mol. The van der Waals surface area contributed by atoms with Crippen LogP contribution in [0.1, 0.15) is 49.5 Å². The van der Waals surface area contributed by atoms with Crippen LogP contribution < -0.4 is 0 Å². The Morgan fingerprint density at radius 2 is 2.06 bits per heavy atom. The average Bonchev–Trinajstić information content (AvgIpc) is 2.77. The van der Waals surface area contributed by atoms with Gasteiger partial charge in [0.1, 0.15) is 5.78 Å². The zero-order chi connectivity index (χ0) is 12.5. The van der Waals surface area contributed by atoms with E-state index in [1.54, 1.807) is 0 Å². The molecule has 3 rings (SSSR count). The van der Waals surface area contributed by atoms with Crippen LogP contribution in [0, 0.1) is 0 Å². The number of ketones is 1. The lowest BCUT2D eigenvalue weighted by molar-refractivity contribution is -0.127. The minimum atomic E-state index is 0.489. The minimum absolute atomic E-state index is 0.489. The zero-order valence-corrected chi connectivity index (χ0v) is 11.8. The Morgan fingerprint density at radius 1 is 1.33 bits per heavy atom. The first-order valence-electron chi connectivity index (χ1n) is 7.10. The predicted octanol–water partition coefficient (Wildman–Crippen LogP) is 3.40. The van der Waals surface area contributed by atoms with Gasteiger partial charge in [0.25, 0.3) is 0 Å². The third-order valence-corrected chi connectivity index (χ3v) is 5.43. The number of carbonyl (C=O) groups excluding carboxylic acids is 1. The Labute approximate surface area is 113 Å². The molecule has 2 bridgehead atoms. The highest BCUT2D eigenvalue weighted by atomic mass is 32.1. The Morgan fingerprint density at radius 3 is 2.72 bits per heavy atom. The van der Waals surface area contributed by atoms with Gasteiger partial charge in [-0.05, 0) is 36.3 Å². The van der Waals surface area contributed by atoms with Gasteiger partial charge in [-0.3, -0.25) is 9.69 Å². The van der Waals surface area contributed by atoms with Crippen LogP contribution in [0.4, 0.5) is 0 Å². The van der Waals surface area contributed by atoms with Gasteiger partial charge in [0.05, 0.1) is 0 Å². The second-order valence-electron chi connectivity index (χ2n) is 5.58. The van der Waals surface area contributed by atoms with Gasteiger partial charge in [0.15, 0.2) is 0 Å². The summed E-state index contributed by atoms with van der Waals surface area (Å²) >= 11 is 1.88. The molecular weight excluding hydrogens is 242 g/mol. The first kappa shape index (κ1) is 12.4. The second-order valence-corrected chi connectivity index (χ2v) is 6.58. The quantitative estimate of drug-likeness (QED) is 0.833. The third kappa shape index (κ3) is 2.26. The molecule has 2 nitrogen and oxygen atoms in total. The van der Waals surface area contributed by atoms with Crippen LogP contribution in [-0.4, -0.2) is 22.8 Å². The lowest BCUT2D eigenvalue weighted by Gasteiger charge is -2.45. The van der Waals surface area contributed by atoms with Crippen molar-refractivity contribution in [3.63, 3.8) is 0 Å². The topological polar surface area (TPSA) is 20.3 Å². The molecule has 0 amide bonds. The van der Waals surface area contributed by atoms with E-state index in [9.17, 15) is 4.79 Å². The Balaban J connectivity index is 1.77. The first-order valence-corrected chi connectivity index (χ1v) is 7.98. The summed E-state index contributed by atoms with van der Waals surface area (Å²) in [5.74, 6) is 0.489. The lowest BCUT2D eigenvalue weighted by Crippen LogP contribution is -2.51.